The van der Waals surface area contributed by atoms with E-state index < -0.39 is 0 Å². The highest BCUT2D eigenvalue weighted by Crippen LogP contribution is 2.24. The van der Waals surface area contributed by atoms with E-state index in [9.17, 15) is 0 Å². The summed E-state index contributed by atoms with van der Waals surface area (Å²) in [5, 5.41) is 0.787. The Morgan fingerprint density at radius 2 is 1.89 bits per heavy atom. The first-order valence-corrected chi connectivity index (χ1v) is 7.02. The van der Waals surface area contributed by atoms with Crippen LogP contribution in [-0.4, -0.2) is 11.5 Å². The third kappa shape index (κ3) is 4.34. The van der Waals surface area contributed by atoms with E-state index >= 15 is 0 Å². The van der Waals surface area contributed by atoms with Crippen LogP contribution in [-0.2, 0) is 6.42 Å². The van der Waals surface area contributed by atoms with Crippen molar-refractivity contribution < 1.29 is 0 Å². The van der Waals surface area contributed by atoms with Gasteiger partial charge in [0.2, 0.25) is 0 Å². The molecule has 0 aliphatic carbocycles. The van der Waals surface area contributed by atoms with Gasteiger partial charge in [-0.25, -0.2) is 0 Å². The first kappa shape index (κ1) is 14.0. The minimum Gasteiger partial charge on any atom is -0.330 e. The quantitative estimate of drug-likeness (QED) is 0.870. The molecule has 0 aliphatic rings. The van der Waals surface area contributed by atoms with Crippen molar-refractivity contribution in [3.8, 4) is 0 Å². The molecule has 2 aromatic rings. The SMILES string of the molecule is NCCC(CCc1ccc(Cl)cc1)c1cccnc1. The van der Waals surface area contributed by atoms with E-state index in [0.29, 0.717) is 12.5 Å². The number of aromatic nitrogens is 1. The second-order valence-corrected chi connectivity index (χ2v) is 5.16. The molecule has 1 atom stereocenters. The van der Waals surface area contributed by atoms with Gasteiger partial charge in [0.25, 0.3) is 0 Å². The number of halogens is 1. The summed E-state index contributed by atoms with van der Waals surface area (Å²) < 4.78 is 0. The van der Waals surface area contributed by atoms with Gasteiger partial charge in [-0.15, -0.1) is 0 Å². The molecule has 19 heavy (non-hydrogen) atoms. The minimum atomic E-state index is 0.481. The summed E-state index contributed by atoms with van der Waals surface area (Å²) in [4.78, 5) is 4.20. The predicted octanol–water partition coefficient (Wildman–Crippen LogP) is 3.80. The van der Waals surface area contributed by atoms with Crippen LogP contribution in [0.4, 0.5) is 0 Å². The molecule has 2 N–H and O–H groups in total. The molecular formula is C16H19ClN2. The van der Waals surface area contributed by atoms with Gasteiger partial charge >= 0.3 is 0 Å². The third-order valence-electron chi connectivity index (χ3n) is 3.37. The molecular weight excluding hydrogens is 256 g/mol. The maximum absolute atomic E-state index is 5.90. The van der Waals surface area contributed by atoms with Crippen molar-refractivity contribution in [2.75, 3.05) is 6.54 Å². The Morgan fingerprint density at radius 1 is 1.11 bits per heavy atom. The fourth-order valence-electron chi connectivity index (χ4n) is 2.29. The first-order chi connectivity index (χ1) is 9.29. The van der Waals surface area contributed by atoms with Gasteiger partial charge in [0, 0.05) is 17.4 Å². The highest BCUT2D eigenvalue weighted by molar-refractivity contribution is 6.30. The average molecular weight is 275 g/mol. The number of hydrogen-bond acceptors (Lipinski definition) is 2. The number of pyridine rings is 1. The Hall–Kier alpha value is -1.38. The van der Waals surface area contributed by atoms with Gasteiger partial charge in [-0.3, -0.25) is 4.98 Å². The molecule has 0 bridgehead atoms. The fourth-order valence-corrected chi connectivity index (χ4v) is 2.41. The van der Waals surface area contributed by atoms with Crippen molar-refractivity contribution in [3.05, 3.63) is 64.9 Å². The lowest BCUT2D eigenvalue weighted by molar-refractivity contribution is 0.582. The zero-order valence-electron chi connectivity index (χ0n) is 10.9. The number of aryl methyl sites for hydroxylation is 1. The summed E-state index contributed by atoms with van der Waals surface area (Å²) in [5.41, 5.74) is 8.31. The van der Waals surface area contributed by atoms with Crippen molar-refractivity contribution in [1.29, 1.82) is 0 Å². The van der Waals surface area contributed by atoms with Crippen molar-refractivity contribution in [1.82, 2.24) is 4.98 Å². The summed E-state index contributed by atoms with van der Waals surface area (Å²) in [6, 6.07) is 12.2. The summed E-state index contributed by atoms with van der Waals surface area (Å²) in [5.74, 6) is 0.481. The van der Waals surface area contributed by atoms with Crippen molar-refractivity contribution in [2.24, 2.45) is 5.73 Å². The molecule has 0 amide bonds. The molecule has 0 fully saturated rings. The van der Waals surface area contributed by atoms with E-state index in [1.165, 1.54) is 11.1 Å². The van der Waals surface area contributed by atoms with Gasteiger partial charge in [-0.2, -0.15) is 0 Å². The summed E-state index contributed by atoms with van der Waals surface area (Å²) in [6.45, 7) is 0.709. The minimum absolute atomic E-state index is 0.481. The molecule has 1 aromatic heterocycles. The first-order valence-electron chi connectivity index (χ1n) is 6.64. The van der Waals surface area contributed by atoms with Gasteiger partial charge in [-0.05, 0) is 61.1 Å². The van der Waals surface area contributed by atoms with E-state index in [1.807, 2.05) is 30.6 Å². The topological polar surface area (TPSA) is 38.9 Å². The smallest absolute Gasteiger partial charge is 0.0406 e. The highest BCUT2D eigenvalue weighted by atomic mass is 35.5. The van der Waals surface area contributed by atoms with Crippen molar-refractivity contribution >= 4 is 11.6 Å². The Morgan fingerprint density at radius 3 is 2.53 bits per heavy atom. The van der Waals surface area contributed by atoms with Gasteiger partial charge in [0.1, 0.15) is 0 Å². The molecule has 0 saturated carbocycles. The molecule has 1 heterocycles. The Bertz CT molecular complexity index is 482. The molecule has 1 aromatic carbocycles. The van der Waals surface area contributed by atoms with E-state index in [0.717, 1.165) is 24.3 Å². The molecule has 2 rings (SSSR count). The van der Waals surface area contributed by atoms with Crippen LogP contribution in [0.2, 0.25) is 5.02 Å². The number of nitrogens with zero attached hydrogens (tertiary/aromatic N) is 1. The second kappa shape index (κ2) is 7.27. The van der Waals surface area contributed by atoms with Crippen LogP contribution >= 0.6 is 11.6 Å². The molecule has 0 saturated heterocycles. The molecule has 3 heteroatoms. The predicted molar refractivity (Wildman–Crippen MR) is 80.4 cm³/mol. The maximum atomic E-state index is 5.90. The second-order valence-electron chi connectivity index (χ2n) is 4.73. The Balaban J connectivity index is 1.99. The van der Waals surface area contributed by atoms with Crippen LogP contribution < -0.4 is 5.73 Å². The van der Waals surface area contributed by atoms with Gasteiger partial charge in [0.05, 0.1) is 0 Å². The molecule has 0 spiro atoms. The van der Waals surface area contributed by atoms with Gasteiger partial charge < -0.3 is 5.73 Å². The summed E-state index contributed by atoms with van der Waals surface area (Å²) in [7, 11) is 0. The lowest BCUT2D eigenvalue weighted by Gasteiger charge is -2.16. The highest BCUT2D eigenvalue weighted by Gasteiger charge is 2.11. The third-order valence-corrected chi connectivity index (χ3v) is 3.62. The van der Waals surface area contributed by atoms with Crippen LogP contribution in [0.15, 0.2) is 48.8 Å². The van der Waals surface area contributed by atoms with Crippen LogP contribution in [0.25, 0.3) is 0 Å². The van der Waals surface area contributed by atoms with E-state index in [4.69, 9.17) is 17.3 Å². The maximum Gasteiger partial charge on any atom is 0.0406 e. The van der Waals surface area contributed by atoms with Crippen LogP contribution in [0.5, 0.6) is 0 Å². The lowest BCUT2D eigenvalue weighted by atomic mass is 9.91. The van der Waals surface area contributed by atoms with Crippen LogP contribution in [0.3, 0.4) is 0 Å². The average Bonchev–Trinajstić information content (AvgIpc) is 2.46. The summed E-state index contributed by atoms with van der Waals surface area (Å²) in [6.07, 6.45) is 6.88. The number of hydrogen-bond donors (Lipinski definition) is 1. The Labute approximate surface area is 119 Å². The molecule has 0 radical (unpaired) electrons. The number of benzene rings is 1. The van der Waals surface area contributed by atoms with Crippen LogP contribution in [0, 0.1) is 0 Å². The van der Waals surface area contributed by atoms with Crippen molar-refractivity contribution in [3.63, 3.8) is 0 Å². The number of rotatable bonds is 6. The van der Waals surface area contributed by atoms with Crippen LogP contribution in [0.1, 0.15) is 29.9 Å². The standard InChI is InChI=1S/C16H19ClN2/c17-16-7-4-13(5-8-16)3-6-14(9-10-18)15-2-1-11-19-12-15/h1-2,4-5,7-8,11-12,14H,3,6,9-10,18H2. The lowest BCUT2D eigenvalue weighted by Crippen LogP contribution is -2.08. The van der Waals surface area contributed by atoms with E-state index in [1.54, 1.807) is 0 Å². The fraction of sp³-hybridized carbons (Fsp3) is 0.312. The molecule has 0 aliphatic heterocycles. The molecule has 100 valence electrons. The number of nitrogens with two attached hydrogens (primary N) is 1. The zero-order valence-corrected chi connectivity index (χ0v) is 11.7. The molecule has 1 unspecified atom stereocenters. The normalized spacial score (nSPS) is 12.3. The molecule has 2 nitrogen and oxygen atoms in total. The summed E-state index contributed by atoms with van der Waals surface area (Å²) >= 11 is 5.90. The van der Waals surface area contributed by atoms with Gasteiger partial charge in [-0.1, -0.05) is 29.8 Å². The van der Waals surface area contributed by atoms with Gasteiger partial charge in [0.15, 0.2) is 0 Å². The zero-order chi connectivity index (χ0) is 13.5. The monoisotopic (exact) mass is 274 g/mol. The largest absolute Gasteiger partial charge is 0.330 e. The van der Waals surface area contributed by atoms with E-state index in [2.05, 4.69) is 23.2 Å². The Kier molecular flexibility index (Phi) is 5.37. The van der Waals surface area contributed by atoms with E-state index in [-0.39, 0.29) is 0 Å². The van der Waals surface area contributed by atoms with Crippen molar-refractivity contribution in [2.45, 2.75) is 25.2 Å².